The topological polar surface area (TPSA) is 66.5 Å². The molecule has 1 N–H and O–H groups in total. The number of aryl methyl sites for hydroxylation is 1. The average Bonchev–Trinajstić information content (AvgIpc) is 2.52. The number of carbonyl (C=O) groups is 1. The predicted molar refractivity (Wildman–Crippen MR) is 92.2 cm³/mol. The summed E-state index contributed by atoms with van der Waals surface area (Å²) in [6.07, 6.45) is 2.80. The third-order valence-corrected chi connectivity index (χ3v) is 5.48. The van der Waals surface area contributed by atoms with Crippen LogP contribution in [-0.2, 0) is 14.8 Å². The van der Waals surface area contributed by atoms with E-state index in [1.165, 1.54) is 0 Å². The van der Waals surface area contributed by atoms with Gasteiger partial charge in [0.15, 0.2) is 0 Å². The number of benzene rings is 1. The van der Waals surface area contributed by atoms with Gasteiger partial charge in [-0.2, -0.15) is 0 Å². The van der Waals surface area contributed by atoms with Crippen molar-refractivity contribution in [2.45, 2.75) is 58.3 Å². The van der Waals surface area contributed by atoms with Crippen molar-refractivity contribution in [1.82, 2.24) is 9.84 Å². The maximum absolute atomic E-state index is 12.8. The molecule has 0 aliphatic rings. The summed E-state index contributed by atoms with van der Waals surface area (Å²) >= 11 is 0. The van der Waals surface area contributed by atoms with Crippen molar-refractivity contribution in [1.29, 1.82) is 0 Å². The van der Waals surface area contributed by atoms with Crippen molar-refractivity contribution in [3.63, 3.8) is 0 Å². The molecule has 130 valence electrons. The number of rotatable bonds is 9. The van der Waals surface area contributed by atoms with Crippen LogP contribution in [0.2, 0.25) is 0 Å². The van der Waals surface area contributed by atoms with Gasteiger partial charge in [-0.05, 0) is 31.4 Å². The van der Waals surface area contributed by atoms with Gasteiger partial charge in [0.05, 0.1) is 4.90 Å². The number of nitrogens with one attached hydrogen (secondary N) is 1. The van der Waals surface area contributed by atoms with Crippen LogP contribution in [0, 0.1) is 12.8 Å². The van der Waals surface area contributed by atoms with E-state index in [1.807, 2.05) is 27.7 Å². The van der Waals surface area contributed by atoms with E-state index in [2.05, 4.69) is 5.43 Å². The molecule has 0 bridgehead atoms. The number of amides is 1. The molecule has 0 heterocycles. The summed E-state index contributed by atoms with van der Waals surface area (Å²) in [6, 6.07) is 6.67. The molecule has 0 radical (unpaired) electrons. The first kappa shape index (κ1) is 19.6. The van der Waals surface area contributed by atoms with Crippen LogP contribution in [0.25, 0.3) is 0 Å². The SMILES string of the molecule is CCCCC(=O)NN(C[C@@H](C)CC)S(=O)(=O)c1ccc(C)cc1. The van der Waals surface area contributed by atoms with E-state index in [4.69, 9.17) is 0 Å². The second kappa shape index (κ2) is 9.03. The zero-order valence-corrected chi connectivity index (χ0v) is 15.3. The summed E-state index contributed by atoms with van der Waals surface area (Å²) in [4.78, 5) is 12.2. The minimum atomic E-state index is -3.74. The van der Waals surface area contributed by atoms with Crippen molar-refractivity contribution in [2.24, 2.45) is 5.92 Å². The molecule has 0 aromatic heterocycles. The second-order valence-corrected chi connectivity index (χ2v) is 7.86. The maximum atomic E-state index is 12.8. The Hall–Kier alpha value is -1.40. The molecule has 6 heteroatoms. The van der Waals surface area contributed by atoms with E-state index in [0.717, 1.165) is 29.2 Å². The Morgan fingerprint density at radius 3 is 2.35 bits per heavy atom. The van der Waals surface area contributed by atoms with E-state index >= 15 is 0 Å². The first-order valence-electron chi connectivity index (χ1n) is 8.20. The van der Waals surface area contributed by atoms with Gasteiger partial charge in [0.1, 0.15) is 0 Å². The van der Waals surface area contributed by atoms with Gasteiger partial charge in [0.25, 0.3) is 10.0 Å². The van der Waals surface area contributed by atoms with E-state index in [1.54, 1.807) is 24.3 Å². The van der Waals surface area contributed by atoms with Crippen molar-refractivity contribution in [3.8, 4) is 0 Å². The van der Waals surface area contributed by atoms with E-state index < -0.39 is 10.0 Å². The number of hydrogen-bond donors (Lipinski definition) is 1. The summed E-state index contributed by atoms with van der Waals surface area (Å²) in [5.41, 5.74) is 3.57. The van der Waals surface area contributed by atoms with Crippen LogP contribution < -0.4 is 5.43 Å². The molecular formula is C17H28N2O3S. The zero-order valence-electron chi connectivity index (χ0n) is 14.5. The normalized spacial score (nSPS) is 13.1. The minimum Gasteiger partial charge on any atom is -0.275 e. The molecule has 1 aromatic rings. The zero-order chi connectivity index (χ0) is 17.5. The van der Waals surface area contributed by atoms with Gasteiger partial charge in [-0.3, -0.25) is 10.2 Å². The Morgan fingerprint density at radius 1 is 1.22 bits per heavy atom. The summed E-state index contributed by atoms with van der Waals surface area (Å²) < 4.78 is 26.7. The number of hydrazine groups is 1. The molecule has 23 heavy (non-hydrogen) atoms. The predicted octanol–water partition coefficient (Wildman–Crippen LogP) is 3.25. The second-order valence-electron chi connectivity index (χ2n) is 6.00. The minimum absolute atomic E-state index is 0.154. The third kappa shape index (κ3) is 5.95. The fourth-order valence-corrected chi connectivity index (χ4v) is 3.39. The van der Waals surface area contributed by atoms with Crippen molar-refractivity contribution in [2.75, 3.05) is 6.54 Å². The Morgan fingerprint density at radius 2 is 1.83 bits per heavy atom. The lowest BCUT2D eigenvalue weighted by Crippen LogP contribution is -2.47. The van der Waals surface area contributed by atoms with Crippen LogP contribution in [-0.4, -0.2) is 25.3 Å². The van der Waals surface area contributed by atoms with Gasteiger partial charge >= 0.3 is 0 Å². The van der Waals surface area contributed by atoms with E-state index in [9.17, 15) is 13.2 Å². The maximum Gasteiger partial charge on any atom is 0.259 e. The molecule has 0 unspecified atom stereocenters. The molecule has 0 aliphatic heterocycles. The molecule has 1 aromatic carbocycles. The summed E-state index contributed by atoms with van der Waals surface area (Å²) in [5.74, 6) is -0.104. The molecule has 0 fully saturated rings. The summed E-state index contributed by atoms with van der Waals surface area (Å²) in [6.45, 7) is 8.13. The molecule has 1 amide bonds. The van der Waals surface area contributed by atoms with Crippen molar-refractivity contribution in [3.05, 3.63) is 29.8 Å². The van der Waals surface area contributed by atoms with Crippen LogP contribution in [0.1, 0.15) is 52.0 Å². The highest BCUT2D eigenvalue weighted by Crippen LogP contribution is 2.17. The Kier molecular flexibility index (Phi) is 7.72. The molecule has 0 saturated heterocycles. The summed E-state index contributed by atoms with van der Waals surface area (Å²) in [7, 11) is -3.74. The molecule has 5 nitrogen and oxygen atoms in total. The highest BCUT2D eigenvalue weighted by atomic mass is 32.2. The monoisotopic (exact) mass is 340 g/mol. The molecule has 0 spiro atoms. The fraction of sp³-hybridized carbons (Fsp3) is 0.588. The van der Waals surface area contributed by atoms with Gasteiger partial charge in [-0.25, -0.2) is 8.42 Å². The molecule has 0 aliphatic carbocycles. The van der Waals surface area contributed by atoms with E-state index in [0.29, 0.717) is 6.42 Å². The van der Waals surface area contributed by atoms with Crippen molar-refractivity contribution >= 4 is 15.9 Å². The van der Waals surface area contributed by atoms with Crippen LogP contribution in [0.3, 0.4) is 0 Å². The lowest BCUT2D eigenvalue weighted by atomic mass is 10.1. The molecule has 1 atom stereocenters. The summed E-state index contributed by atoms with van der Waals surface area (Å²) in [5, 5.41) is 0. The van der Waals surface area contributed by atoms with Crippen LogP contribution >= 0.6 is 0 Å². The Bertz CT molecular complexity index is 597. The number of hydrogen-bond acceptors (Lipinski definition) is 3. The number of carbonyl (C=O) groups excluding carboxylic acids is 1. The molecule has 0 saturated carbocycles. The van der Waals surface area contributed by atoms with Gasteiger partial charge in [0, 0.05) is 13.0 Å². The largest absolute Gasteiger partial charge is 0.275 e. The van der Waals surface area contributed by atoms with Gasteiger partial charge in [0.2, 0.25) is 5.91 Å². The number of nitrogens with zero attached hydrogens (tertiary/aromatic N) is 1. The highest BCUT2D eigenvalue weighted by molar-refractivity contribution is 7.89. The Labute approximate surface area is 140 Å². The van der Waals surface area contributed by atoms with E-state index in [-0.39, 0.29) is 23.3 Å². The van der Waals surface area contributed by atoms with Gasteiger partial charge < -0.3 is 0 Å². The van der Waals surface area contributed by atoms with Crippen LogP contribution in [0.5, 0.6) is 0 Å². The molecular weight excluding hydrogens is 312 g/mol. The highest BCUT2D eigenvalue weighted by Gasteiger charge is 2.27. The lowest BCUT2D eigenvalue weighted by molar-refractivity contribution is -0.124. The van der Waals surface area contributed by atoms with Crippen LogP contribution in [0.15, 0.2) is 29.2 Å². The third-order valence-electron chi connectivity index (χ3n) is 3.79. The number of unbranched alkanes of at least 4 members (excludes halogenated alkanes) is 1. The fourth-order valence-electron chi connectivity index (χ4n) is 1.99. The standard InChI is InChI=1S/C17H28N2O3S/c1-5-7-8-17(20)18-19(13-14(3)6-2)23(21,22)16-11-9-15(4)10-12-16/h9-12,14H,5-8,13H2,1-4H3,(H,18,20)/t14-/m0/s1. The smallest absolute Gasteiger partial charge is 0.259 e. The lowest BCUT2D eigenvalue weighted by Gasteiger charge is -2.25. The first-order chi connectivity index (χ1) is 10.8. The van der Waals surface area contributed by atoms with Crippen LogP contribution in [0.4, 0.5) is 0 Å². The van der Waals surface area contributed by atoms with Gasteiger partial charge in [-0.15, -0.1) is 4.41 Å². The average molecular weight is 340 g/mol. The Balaban J connectivity index is 3.01. The molecule has 1 rings (SSSR count). The van der Waals surface area contributed by atoms with Crippen molar-refractivity contribution < 1.29 is 13.2 Å². The first-order valence-corrected chi connectivity index (χ1v) is 9.64. The quantitative estimate of drug-likeness (QED) is 0.702. The number of sulfonamides is 1. The van der Waals surface area contributed by atoms with Gasteiger partial charge in [-0.1, -0.05) is 51.3 Å².